The number of halogens is 1. The highest BCUT2D eigenvalue weighted by molar-refractivity contribution is 5.17. The first-order valence-corrected chi connectivity index (χ1v) is 6.88. The van der Waals surface area contributed by atoms with E-state index in [4.69, 9.17) is 0 Å². The largest absolute Gasteiger partial charge is 0.347 e. The molecule has 0 radical (unpaired) electrons. The quantitative estimate of drug-likeness (QED) is 0.892. The third kappa shape index (κ3) is 3.05. The maximum absolute atomic E-state index is 12.9. The topological polar surface area (TPSA) is 44.0 Å². The van der Waals surface area contributed by atoms with Crippen molar-refractivity contribution in [2.24, 2.45) is 0 Å². The van der Waals surface area contributed by atoms with Gasteiger partial charge in [0.15, 0.2) is 0 Å². The SMILES string of the molecule is CN(Cc1ccc(F)cc1)CC1Cc2nc[nH]c2CN1. The standard InChI is InChI=1S/C15H19FN4/c1-20(8-11-2-4-12(16)5-3-11)9-13-6-14-15(7-17-13)19-10-18-14/h2-5,10,13,17H,6-9H2,1H3,(H,18,19). The van der Waals surface area contributed by atoms with Crippen molar-refractivity contribution in [3.63, 3.8) is 0 Å². The summed E-state index contributed by atoms with van der Waals surface area (Å²) in [5.74, 6) is -0.184. The van der Waals surface area contributed by atoms with Crippen LogP contribution in [-0.4, -0.2) is 34.5 Å². The zero-order valence-corrected chi connectivity index (χ0v) is 11.6. The zero-order valence-electron chi connectivity index (χ0n) is 11.6. The maximum atomic E-state index is 12.9. The molecule has 1 aliphatic rings. The first-order chi connectivity index (χ1) is 9.70. The van der Waals surface area contributed by atoms with E-state index in [0.717, 1.165) is 31.6 Å². The van der Waals surface area contributed by atoms with Crippen molar-refractivity contribution < 1.29 is 4.39 Å². The Morgan fingerprint density at radius 1 is 1.35 bits per heavy atom. The van der Waals surface area contributed by atoms with Crippen molar-refractivity contribution in [2.75, 3.05) is 13.6 Å². The Labute approximate surface area is 118 Å². The molecule has 0 fully saturated rings. The summed E-state index contributed by atoms with van der Waals surface area (Å²) in [4.78, 5) is 9.76. The van der Waals surface area contributed by atoms with Gasteiger partial charge in [0.2, 0.25) is 0 Å². The van der Waals surface area contributed by atoms with Crippen molar-refractivity contribution in [2.45, 2.75) is 25.6 Å². The summed E-state index contributed by atoms with van der Waals surface area (Å²) in [6.07, 6.45) is 2.71. The van der Waals surface area contributed by atoms with E-state index in [1.54, 1.807) is 6.33 Å². The molecule has 4 nitrogen and oxygen atoms in total. The third-order valence-electron chi connectivity index (χ3n) is 3.71. The van der Waals surface area contributed by atoms with E-state index in [1.165, 1.54) is 23.5 Å². The molecule has 1 aliphatic heterocycles. The van der Waals surface area contributed by atoms with E-state index in [0.29, 0.717) is 6.04 Å². The molecule has 3 rings (SSSR count). The lowest BCUT2D eigenvalue weighted by molar-refractivity contribution is 0.272. The molecule has 106 valence electrons. The molecule has 0 saturated heterocycles. The third-order valence-corrected chi connectivity index (χ3v) is 3.71. The number of hydrogen-bond donors (Lipinski definition) is 2. The van der Waals surface area contributed by atoms with Gasteiger partial charge in [-0.3, -0.25) is 0 Å². The molecule has 1 unspecified atom stereocenters. The number of nitrogens with one attached hydrogen (secondary N) is 2. The molecule has 0 aliphatic carbocycles. The fourth-order valence-electron chi connectivity index (χ4n) is 2.70. The van der Waals surface area contributed by atoms with Crippen LogP contribution < -0.4 is 5.32 Å². The molecule has 0 spiro atoms. The maximum Gasteiger partial charge on any atom is 0.123 e. The molecule has 20 heavy (non-hydrogen) atoms. The van der Waals surface area contributed by atoms with Gasteiger partial charge >= 0.3 is 0 Å². The second-order valence-corrected chi connectivity index (χ2v) is 5.43. The van der Waals surface area contributed by atoms with Crippen LogP contribution in [-0.2, 0) is 19.5 Å². The van der Waals surface area contributed by atoms with Crippen molar-refractivity contribution in [3.8, 4) is 0 Å². The Hall–Kier alpha value is -1.72. The molecule has 1 atom stereocenters. The molecular formula is C15H19FN4. The average Bonchev–Trinajstić information content (AvgIpc) is 2.89. The molecule has 2 N–H and O–H groups in total. The van der Waals surface area contributed by atoms with Gasteiger partial charge in [-0.1, -0.05) is 12.1 Å². The molecule has 1 aromatic heterocycles. The number of H-pyrrole nitrogens is 1. The molecule has 1 aromatic carbocycles. The highest BCUT2D eigenvalue weighted by Crippen LogP contribution is 2.13. The van der Waals surface area contributed by atoms with Crippen LogP contribution in [0.3, 0.4) is 0 Å². The number of aromatic nitrogens is 2. The van der Waals surface area contributed by atoms with Gasteiger partial charge in [0.25, 0.3) is 0 Å². The summed E-state index contributed by atoms with van der Waals surface area (Å²) in [6.45, 7) is 2.62. The molecular weight excluding hydrogens is 255 g/mol. The van der Waals surface area contributed by atoms with E-state index >= 15 is 0 Å². The Kier molecular flexibility index (Phi) is 3.80. The van der Waals surface area contributed by atoms with Crippen molar-refractivity contribution >= 4 is 0 Å². The summed E-state index contributed by atoms with van der Waals surface area (Å²) in [6, 6.07) is 7.12. The Bertz CT molecular complexity index is 564. The minimum Gasteiger partial charge on any atom is -0.347 e. The highest BCUT2D eigenvalue weighted by Gasteiger charge is 2.20. The molecule has 0 saturated carbocycles. The second-order valence-electron chi connectivity index (χ2n) is 5.43. The number of likely N-dealkylation sites (N-methyl/N-ethyl adjacent to an activating group) is 1. The van der Waals surface area contributed by atoms with Crippen LogP contribution in [0.1, 0.15) is 17.0 Å². The number of imidazole rings is 1. The normalized spacial score (nSPS) is 18.2. The Morgan fingerprint density at radius 2 is 2.15 bits per heavy atom. The first kappa shape index (κ1) is 13.3. The van der Waals surface area contributed by atoms with Gasteiger partial charge in [0.05, 0.1) is 17.7 Å². The van der Waals surface area contributed by atoms with Crippen molar-refractivity contribution in [3.05, 3.63) is 53.4 Å². The predicted octanol–water partition coefficient (Wildman–Crippen LogP) is 1.70. The molecule has 5 heteroatoms. The molecule has 2 heterocycles. The lowest BCUT2D eigenvalue weighted by atomic mass is 10.0. The summed E-state index contributed by atoms with van der Waals surface area (Å²) in [7, 11) is 2.09. The number of benzene rings is 1. The van der Waals surface area contributed by atoms with Gasteiger partial charge in [-0.15, -0.1) is 0 Å². The average molecular weight is 274 g/mol. The van der Waals surface area contributed by atoms with E-state index in [9.17, 15) is 4.39 Å². The number of fused-ring (bicyclic) bond motifs is 1. The van der Waals surface area contributed by atoms with Crippen LogP contribution in [0.4, 0.5) is 4.39 Å². The van der Waals surface area contributed by atoms with Crippen LogP contribution in [0.5, 0.6) is 0 Å². The summed E-state index contributed by atoms with van der Waals surface area (Å²) in [5, 5.41) is 3.51. The number of rotatable bonds is 4. The summed E-state index contributed by atoms with van der Waals surface area (Å²) in [5.41, 5.74) is 3.50. The highest BCUT2D eigenvalue weighted by atomic mass is 19.1. The molecule has 0 amide bonds. The minimum absolute atomic E-state index is 0.184. The minimum atomic E-state index is -0.184. The Balaban J connectivity index is 1.54. The number of aromatic amines is 1. The van der Waals surface area contributed by atoms with Crippen LogP contribution in [0.25, 0.3) is 0 Å². The van der Waals surface area contributed by atoms with E-state index < -0.39 is 0 Å². The van der Waals surface area contributed by atoms with Crippen molar-refractivity contribution in [1.82, 2.24) is 20.2 Å². The van der Waals surface area contributed by atoms with Gasteiger partial charge in [-0.25, -0.2) is 9.37 Å². The van der Waals surface area contributed by atoms with Gasteiger partial charge in [-0.05, 0) is 24.7 Å². The second kappa shape index (κ2) is 5.73. The van der Waals surface area contributed by atoms with Crippen LogP contribution in [0, 0.1) is 5.82 Å². The predicted molar refractivity (Wildman–Crippen MR) is 75.7 cm³/mol. The summed E-state index contributed by atoms with van der Waals surface area (Å²) >= 11 is 0. The van der Waals surface area contributed by atoms with E-state index in [2.05, 4.69) is 27.2 Å². The first-order valence-electron chi connectivity index (χ1n) is 6.88. The molecule has 0 bridgehead atoms. The lowest BCUT2D eigenvalue weighted by Crippen LogP contribution is -2.43. The zero-order chi connectivity index (χ0) is 13.9. The van der Waals surface area contributed by atoms with Gasteiger partial charge < -0.3 is 15.2 Å². The van der Waals surface area contributed by atoms with Crippen molar-refractivity contribution in [1.29, 1.82) is 0 Å². The number of hydrogen-bond acceptors (Lipinski definition) is 3. The summed E-state index contributed by atoms with van der Waals surface area (Å²) < 4.78 is 12.9. The fourth-order valence-corrected chi connectivity index (χ4v) is 2.70. The van der Waals surface area contributed by atoms with Gasteiger partial charge in [0, 0.05) is 32.1 Å². The van der Waals surface area contributed by atoms with E-state index in [1.807, 2.05) is 12.1 Å². The van der Waals surface area contributed by atoms with Gasteiger partial charge in [0.1, 0.15) is 5.82 Å². The smallest absolute Gasteiger partial charge is 0.123 e. The fraction of sp³-hybridized carbons (Fsp3) is 0.400. The lowest BCUT2D eigenvalue weighted by Gasteiger charge is -2.27. The molecule has 2 aromatic rings. The van der Waals surface area contributed by atoms with E-state index in [-0.39, 0.29) is 5.82 Å². The van der Waals surface area contributed by atoms with Crippen LogP contribution in [0.2, 0.25) is 0 Å². The monoisotopic (exact) mass is 274 g/mol. The van der Waals surface area contributed by atoms with Gasteiger partial charge in [-0.2, -0.15) is 0 Å². The Morgan fingerprint density at radius 3 is 2.95 bits per heavy atom. The number of nitrogens with zero attached hydrogens (tertiary/aromatic N) is 2. The van der Waals surface area contributed by atoms with Crippen LogP contribution >= 0.6 is 0 Å². The van der Waals surface area contributed by atoms with Crippen LogP contribution in [0.15, 0.2) is 30.6 Å².